The molecule has 4 nitrogen and oxygen atoms in total. The average Bonchev–Trinajstić information content (AvgIpc) is 2.67. The molecular weight excluding hydrogens is 379 g/mol. The van der Waals surface area contributed by atoms with E-state index in [0.717, 1.165) is 49.1 Å². The monoisotopic (exact) mass is 407 g/mol. The zero-order valence-electron chi connectivity index (χ0n) is 16.8. The Hall–Kier alpha value is -2.38. The van der Waals surface area contributed by atoms with Crippen molar-refractivity contribution in [1.82, 2.24) is 0 Å². The van der Waals surface area contributed by atoms with Crippen molar-refractivity contribution in [3.8, 4) is 0 Å². The van der Waals surface area contributed by atoms with Gasteiger partial charge in [0.15, 0.2) is 6.54 Å². The second-order valence-corrected chi connectivity index (χ2v) is 7.85. The van der Waals surface area contributed by atoms with Crippen molar-refractivity contribution in [1.29, 1.82) is 0 Å². The molecule has 1 fully saturated rings. The number of quaternary nitrogens is 2. The summed E-state index contributed by atoms with van der Waals surface area (Å²) in [4.78, 5) is 14.9. The van der Waals surface area contributed by atoms with E-state index in [1.54, 1.807) is 6.07 Å². The van der Waals surface area contributed by atoms with Crippen LogP contribution < -0.4 is 15.1 Å². The minimum absolute atomic E-state index is 0.00460. The number of rotatable bonds is 5. The van der Waals surface area contributed by atoms with E-state index in [2.05, 4.69) is 5.32 Å². The maximum atomic E-state index is 12.9. The lowest BCUT2D eigenvalue weighted by Crippen LogP contribution is -3.28. The summed E-state index contributed by atoms with van der Waals surface area (Å²) in [7, 11) is 0. The first kappa shape index (κ1) is 21.3. The predicted octanol–water partition coefficient (Wildman–Crippen LogP) is 1.24. The highest BCUT2D eigenvalue weighted by Crippen LogP contribution is 2.29. The molecule has 1 aliphatic rings. The Morgan fingerprint density at radius 2 is 1.66 bits per heavy atom. The van der Waals surface area contributed by atoms with E-state index in [0.29, 0.717) is 18.7 Å². The maximum Gasteiger partial charge on any atom is 0.416 e. The van der Waals surface area contributed by atoms with Crippen LogP contribution in [0.5, 0.6) is 0 Å². The highest BCUT2D eigenvalue weighted by molar-refractivity contribution is 5.92. The molecule has 29 heavy (non-hydrogen) atoms. The Balaban J connectivity index is 1.48. The third kappa shape index (κ3) is 5.81. The Morgan fingerprint density at radius 1 is 1.00 bits per heavy atom. The van der Waals surface area contributed by atoms with Gasteiger partial charge in [0.1, 0.15) is 32.7 Å². The van der Waals surface area contributed by atoms with Crippen LogP contribution >= 0.6 is 0 Å². The number of halogens is 3. The van der Waals surface area contributed by atoms with Crippen molar-refractivity contribution in [2.24, 2.45) is 0 Å². The van der Waals surface area contributed by atoms with E-state index < -0.39 is 11.7 Å². The number of aryl methyl sites for hydroxylation is 1. The molecule has 1 saturated heterocycles. The normalized spacial score (nSPS) is 19.8. The molecule has 0 unspecified atom stereocenters. The SMILES string of the molecule is Cc1cccc(NC(=O)C[NH+]2CC[NH+](Cc3cccc(C(F)(F)F)c3)CC2)c1C. The second-order valence-electron chi connectivity index (χ2n) is 7.85. The first-order chi connectivity index (χ1) is 13.7. The molecule has 0 bridgehead atoms. The number of piperazine rings is 1. The number of anilines is 1. The highest BCUT2D eigenvalue weighted by Gasteiger charge is 2.31. The van der Waals surface area contributed by atoms with Gasteiger partial charge in [-0.25, -0.2) is 0 Å². The van der Waals surface area contributed by atoms with E-state index >= 15 is 0 Å². The summed E-state index contributed by atoms with van der Waals surface area (Å²) < 4.78 is 38.6. The molecule has 0 spiro atoms. The lowest BCUT2D eigenvalue weighted by Gasteiger charge is -2.29. The van der Waals surface area contributed by atoms with Gasteiger partial charge in [-0.3, -0.25) is 4.79 Å². The number of carbonyl (C=O) groups excluding carboxylic acids is 1. The first-order valence-corrected chi connectivity index (χ1v) is 9.91. The van der Waals surface area contributed by atoms with Crippen molar-refractivity contribution in [3.05, 3.63) is 64.7 Å². The molecule has 0 aromatic heterocycles. The van der Waals surface area contributed by atoms with Crippen LogP contribution in [-0.2, 0) is 17.5 Å². The van der Waals surface area contributed by atoms with Gasteiger partial charge in [-0.05, 0) is 43.2 Å². The fourth-order valence-electron chi connectivity index (χ4n) is 3.76. The summed E-state index contributed by atoms with van der Waals surface area (Å²) >= 11 is 0. The molecule has 1 heterocycles. The number of benzene rings is 2. The van der Waals surface area contributed by atoms with Crippen molar-refractivity contribution in [2.75, 3.05) is 38.0 Å². The van der Waals surface area contributed by atoms with Crippen LogP contribution in [0.15, 0.2) is 42.5 Å². The molecule has 0 aliphatic carbocycles. The van der Waals surface area contributed by atoms with E-state index in [4.69, 9.17) is 0 Å². The molecule has 3 rings (SSSR count). The summed E-state index contributed by atoms with van der Waals surface area (Å²) in [5.74, 6) is -0.00460. The number of carbonyl (C=O) groups is 1. The third-order valence-electron chi connectivity index (χ3n) is 5.66. The van der Waals surface area contributed by atoms with E-state index in [1.165, 1.54) is 21.9 Å². The molecule has 7 heteroatoms. The standard InChI is InChI=1S/C22H26F3N3O/c1-16-5-3-8-20(17(16)2)26-21(29)15-28-11-9-27(10-12-28)14-18-6-4-7-19(13-18)22(23,24)25/h3-8,13H,9-12,14-15H2,1-2H3,(H,26,29)/p+2. The molecule has 0 atom stereocenters. The number of hydrogen-bond donors (Lipinski definition) is 3. The van der Waals surface area contributed by atoms with Crippen LogP contribution in [0.2, 0.25) is 0 Å². The topological polar surface area (TPSA) is 38.0 Å². The minimum Gasteiger partial charge on any atom is -0.322 e. The molecule has 1 aliphatic heterocycles. The molecule has 156 valence electrons. The number of hydrogen-bond acceptors (Lipinski definition) is 1. The quantitative estimate of drug-likeness (QED) is 0.686. The predicted molar refractivity (Wildman–Crippen MR) is 106 cm³/mol. The Morgan fingerprint density at radius 3 is 2.34 bits per heavy atom. The summed E-state index contributed by atoms with van der Waals surface area (Å²) in [5.41, 5.74) is 3.17. The molecule has 3 N–H and O–H groups in total. The number of amides is 1. The van der Waals surface area contributed by atoms with Crippen LogP contribution in [0.3, 0.4) is 0 Å². The highest BCUT2D eigenvalue weighted by atomic mass is 19.4. The Kier molecular flexibility index (Phi) is 6.59. The van der Waals surface area contributed by atoms with Crippen LogP contribution in [0.25, 0.3) is 0 Å². The first-order valence-electron chi connectivity index (χ1n) is 9.91. The van der Waals surface area contributed by atoms with Crippen molar-refractivity contribution < 1.29 is 27.8 Å². The summed E-state index contributed by atoms with van der Waals surface area (Å²) in [6.07, 6.45) is -4.31. The van der Waals surface area contributed by atoms with Gasteiger partial charge in [0.05, 0.1) is 5.56 Å². The lowest BCUT2D eigenvalue weighted by atomic mass is 10.1. The van der Waals surface area contributed by atoms with Crippen molar-refractivity contribution in [2.45, 2.75) is 26.6 Å². The number of nitrogens with one attached hydrogen (secondary N) is 3. The summed E-state index contributed by atoms with van der Waals surface area (Å²) in [6, 6.07) is 11.4. The van der Waals surface area contributed by atoms with Gasteiger partial charge in [-0.15, -0.1) is 0 Å². The second kappa shape index (κ2) is 8.97. The van der Waals surface area contributed by atoms with Gasteiger partial charge in [-0.2, -0.15) is 13.2 Å². The molecule has 2 aromatic carbocycles. The smallest absolute Gasteiger partial charge is 0.322 e. The lowest BCUT2D eigenvalue weighted by molar-refractivity contribution is -1.02. The van der Waals surface area contributed by atoms with Crippen LogP contribution in [0.4, 0.5) is 18.9 Å². The van der Waals surface area contributed by atoms with E-state index in [1.807, 2.05) is 32.0 Å². The van der Waals surface area contributed by atoms with Gasteiger partial charge >= 0.3 is 6.18 Å². The molecule has 1 amide bonds. The Labute approximate surface area is 169 Å². The van der Waals surface area contributed by atoms with Gasteiger partial charge in [0.25, 0.3) is 5.91 Å². The van der Waals surface area contributed by atoms with Gasteiger partial charge in [0.2, 0.25) is 0 Å². The Bertz CT molecular complexity index is 859. The fourth-order valence-corrected chi connectivity index (χ4v) is 3.76. The maximum absolute atomic E-state index is 12.9. The van der Waals surface area contributed by atoms with Crippen LogP contribution in [-0.4, -0.2) is 38.6 Å². The van der Waals surface area contributed by atoms with E-state index in [9.17, 15) is 18.0 Å². The largest absolute Gasteiger partial charge is 0.416 e. The van der Waals surface area contributed by atoms with Gasteiger partial charge < -0.3 is 15.1 Å². The molecular formula is C22H28F3N3O+2. The number of alkyl halides is 3. The minimum atomic E-state index is -4.31. The van der Waals surface area contributed by atoms with Crippen molar-refractivity contribution >= 4 is 11.6 Å². The van der Waals surface area contributed by atoms with Gasteiger partial charge in [0, 0.05) is 11.3 Å². The fraction of sp³-hybridized carbons (Fsp3) is 0.409. The van der Waals surface area contributed by atoms with E-state index in [-0.39, 0.29) is 5.91 Å². The van der Waals surface area contributed by atoms with Crippen LogP contribution in [0.1, 0.15) is 22.3 Å². The third-order valence-corrected chi connectivity index (χ3v) is 5.66. The average molecular weight is 407 g/mol. The summed E-state index contributed by atoms with van der Waals surface area (Å²) in [5, 5.41) is 3.00. The summed E-state index contributed by atoms with van der Waals surface area (Å²) in [6.45, 7) is 8.32. The zero-order chi connectivity index (χ0) is 21.0. The molecule has 0 saturated carbocycles. The molecule has 2 aromatic rings. The van der Waals surface area contributed by atoms with Crippen molar-refractivity contribution in [3.63, 3.8) is 0 Å². The van der Waals surface area contributed by atoms with Crippen LogP contribution in [0, 0.1) is 13.8 Å². The molecule has 0 radical (unpaired) electrons. The van der Waals surface area contributed by atoms with Gasteiger partial charge in [-0.1, -0.05) is 24.3 Å². The zero-order valence-corrected chi connectivity index (χ0v) is 16.8.